The summed E-state index contributed by atoms with van der Waals surface area (Å²) < 4.78 is 34.4. The quantitative estimate of drug-likeness (QED) is 0.329. The number of hydrogen-bond acceptors (Lipinski definition) is 6. The van der Waals surface area contributed by atoms with Crippen LogP contribution in [0, 0.1) is 23.2 Å². The highest BCUT2D eigenvalue weighted by Crippen LogP contribution is 2.65. The fraction of sp³-hybridized carbons (Fsp3) is 0.467. The van der Waals surface area contributed by atoms with Crippen molar-refractivity contribution in [2.24, 2.45) is 28.3 Å². The zero-order valence-electron chi connectivity index (χ0n) is 22.1. The SMILES string of the molecule is C=C[C@]12CC[C@]3(C)C[C@H](OC(=O)c4ccc(S(N)(=O)=O)cc4)CC3C1C(C)Cc1cc(OC(C)=O)ccc12. The Kier molecular flexibility index (Phi) is 6.55. The first kappa shape index (κ1) is 26.6. The number of rotatable bonds is 5. The first-order chi connectivity index (χ1) is 17.9. The number of carbonyl (C=O) groups excluding carboxylic acids is 2. The Morgan fingerprint density at radius 3 is 2.47 bits per heavy atom. The highest BCUT2D eigenvalue weighted by molar-refractivity contribution is 7.89. The molecule has 0 saturated heterocycles. The predicted octanol–water partition coefficient (Wildman–Crippen LogP) is 4.93. The van der Waals surface area contributed by atoms with Gasteiger partial charge in [-0.3, -0.25) is 4.79 Å². The van der Waals surface area contributed by atoms with Crippen LogP contribution < -0.4 is 9.88 Å². The Hall–Kier alpha value is -2.97. The zero-order chi connectivity index (χ0) is 27.5. The van der Waals surface area contributed by atoms with Crippen molar-refractivity contribution in [2.75, 3.05) is 0 Å². The van der Waals surface area contributed by atoms with Crippen LogP contribution >= 0.6 is 0 Å². The van der Waals surface area contributed by atoms with E-state index in [1.54, 1.807) is 0 Å². The standard InChI is InChI=1S/C30H35NO6S/c1-5-30-13-12-29(4)17-23(37-28(33)20-6-9-24(10-7-20)38(31,34)35)16-26(29)27(30)18(2)14-21-15-22(36-19(3)32)8-11-25(21)30/h5-11,15,18,23,26-27H,1,12-14,16-17H2,2-4H3,(H2,31,34,35)/t18?,23-,26?,27?,29-,30-/m1/s1. The maximum Gasteiger partial charge on any atom is 0.338 e. The van der Waals surface area contributed by atoms with Crippen molar-refractivity contribution in [1.82, 2.24) is 0 Å². The van der Waals surface area contributed by atoms with E-state index in [4.69, 9.17) is 14.6 Å². The van der Waals surface area contributed by atoms with Crippen molar-refractivity contribution in [1.29, 1.82) is 0 Å². The summed E-state index contributed by atoms with van der Waals surface area (Å²) in [4.78, 5) is 24.4. The van der Waals surface area contributed by atoms with Gasteiger partial charge in [-0.25, -0.2) is 18.4 Å². The maximum atomic E-state index is 13.0. The molecule has 2 aromatic rings. The summed E-state index contributed by atoms with van der Waals surface area (Å²) in [6, 6.07) is 11.5. The van der Waals surface area contributed by atoms with E-state index in [2.05, 4.69) is 32.6 Å². The minimum Gasteiger partial charge on any atom is -0.459 e. The van der Waals surface area contributed by atoms with Gasteiger partial charge in [0.1, 0.15) is 11.9 Å². The lowest BCUT2D eigenvalue weighted by molar-refractivity contribution is -0.131. The monoisotopic (exact) mass is 537 g/mol. The van der Waals surface area contributed by atoms with Gasteiger partial charge in [0, 0.05) is 12.3 Å². The number of esters is 2. The third-order valence-corrected chi connectivity index (χ3v) is 10.2. The van der Waals surface area contributed by atoms with Gasteiger partial charge < -0.3 is 9.47 Å². The van der Waals surface area contributed by atoms with E-state index in [9.17, 15) is 18.0 Å². The van der Waals surface area contributed by atoms with Crippen molar-refractivity contribution in [3.63, 3.8) is 0 Å². The number of nitrogens with two attached hydrogens (primary N) is 1. The van der Waals surface area contributed by atoms with Crippen LogP contribution in [0.25, 0.3) is 0 Å². The molecule has 6 atom stereocenters. The molecule has 38 heavy (non-hydrogen) atoms. The molecule has 8 heteroatoms. The van der Waals surface area contributed by atoms with E-state index < -0.39 is 16.0 Å². The first-order valence-electron chi connectivity index (χ1n) is 13.2. The summed E-state index contributed by atoms with van der Waals surface area (Å²) in [5.41, 5.74) is 2.64. The molecule has 2 N–H and O–H groups in total. The van der Waals surface area contributed by atoms with E-state index in [0.717, 1.165) is 32.1 Å². The lowest BCUT2D eigenvalue weighted by Gasteiger charge is -2.57. The molecule has 2 saturated carbocycles. The second-order valence-corrected chi connectivity index (χ2v) is 13.2. The molecule has 0 spiro atoms. The van der Waals surface area contributed by atoms with E-state index in [0.29, 0.717) is 29.1 Å². The number of sulfonamides is 1. The molecule has 0 amide bonds. The Bertz CT molecular complexity index is 1400. The summed E-state index contributed by atoms with van der Waals surface area (Å²) in [6.45, 7) is 10.3. The molecule has 3 unspecified atom stereocenters. The molecule has 0 bridgehead atoms. The number of carbonyl (C=O) groups is 2. The minimum atomic E-state index is -3.83. The molecule has 0 aliphatic heterocycles. The van der Waals surface area contributed by atoms with Gasteiger partial charge in [0.2, 0.25) is 10.0 Å². The van der Waals surface area contributed by atoms with E-state index in [1.165, 1.54) is 42.3 Å². The lowest BCUT2D eigenvalue weighted by atomic mass is 9.46. The lowest BCUT2D eigenvalue weighted by Crippen LogP contribution is -2.52. The second-order valence-electron chi connectivity index (χ2n) is 11.7. The van der Waals surface area contributed by atoms with Crippen LogP contribution in [0.4, 0.5) is 0 Å². The molecule has 202 valence electrons. The number of allylic oxidation sites excluding steroid dienone is 1. The second kappa shape index (κ2) is 9.35. The normalized spacial score (nSPS) is 31.9. The molecular weight excluding hydrogens is 502 g/mol. The molecule has 3 aliphatic rings. The van der Waals surface area contributed by atoms with Crippen LogP contribution in [-0.4, -0.2) is 26.5 Å². The third-order valence-electron chi connectivity index (χ3n) is 9.30. The third kappa shape index (κ3) is 4.47. The van der Waals surface area contributed by atoms with Crippen molar-refractivity contribution < 1.29 is 27.5 Å². The number of primary sulfonamides is 1. The molecule has 3 aliphatic carbocycles. The molecule has 0 radical (unpaired) electrons. The van der Waals surface area contributed by atoms with Gasteiger partial charge in [-0.15, -0.1) is 6.58 Å². The van der Waals surface area contributed by atoms with Crippen LogP contribution in [0.15, 0.2) is 60.0 Å². The van der Waals surface area contributed by atoms with E-state index >= 15 is 0 Å². The van der Waals surface area contributed by atoms with Gasteiger partial charge in [0.05, 0.1) is 10.5 Å². The molecule has 2 aromatic carbocycles. The van der Waals surface area contributed by atoms with E-state index in [1.807, 2.05) is 12.1 Å². The summed E-state index contributed by atoms with van der Waals surface area (Å²) in [5, 5.41) is 5.17. The molecule has 2 fully saturated rings. The van der Waals surface area contributed by atoms with Crippen molar-refractivity contribution in [3.8, 4) is 5.75 Å². The number of fused-ring (bicyclic) bond motifs is 5. The Morgan fingerprint density at radius 2 is 1.84 bits per heavy atom. The summed E-state index contributed by atoms with van der Waals surface area (Å²) in [7, 11) is -3.83. The van der Waals surface area contributed by atoms with Gasteiger partial charge in [0.15, 0.2) is 0 Å². The van der Waals surface area contributed by atoms with Crippen LogP contribution in [0.5, 0.6) is 5.75 Å². The number of hydrogen-bond donors (Lipinski definition) is 1. The fourth-order valence-corrected chi connectivity index (χ4v) is 8.28. The number of benzene rings is 2. The Morgan fingerprint density at radius 1 is 1.13 bits per heavy atom. The highest BCUT2D eigenvalue weighted by atomic mass is 32.2. The molecule has 0 heterocycles. The van der Waals surface area contributed by atoms with Gasteiger partial charge in [-0.05, 0) is 103 Å². The van der Waals surface area contributed by atoms with Gasteiger partial charge in [0.25, 0.3) is 0 Å². The predicted molar refractivity (Wildman–Crippen MR) is 143 cm³/mol. The Balaban J connectivity index is 1.39. The minimum absolute atomic E-state index is 0.0410. The summed E-state index contributed by atoms with van der Waals surface area (Å²) in [6.07, 6.45) is 6.34. The molecular formula is C30H35NO6S. The van der Waals surface area contributed by atoms with Crippen molar-refractivity contribution in [2.45, 2.75) is 69.3 Å². The van der Waals surface area contributed by atoms with Crippen LogP contribution in [0.3, 0.4) is 0 Å². The van der Waals surface area contributed by atoms with Gasteiger partial charge >= 0.3 is 11.9 Å². The average Bonchev–Trinajstić information content (AvgIpc) is 3.18. The van der Waals surface area contributed by atoms with Gasteiger partial charge in [-0.1, -0.05) is 26.0 Å². The Labute approximate surface area is 224 Å². The topological polar surface area (TPSA) is 113 Å². The highest BCUT2D eigenvalue weighted by Gasteiger charge is 2.60. The first-order valence-corrected chi connectivity index (χ1v) is 14.7. The molecule has 0 aromatic heterocycles. The van der Waals surface area contributed by atoms with Crippen molar-refractivity contribution in [3.05, 3.63) is 71.8 Å². The molecule has 5 rings (SSSR count). The van der Waals surface area contributed by atoms with Crippen LogP contribution in [0.1, 0.15) is 67.9 Å². The van der Waals surface area contributed by atoms with Gasteiger partial charge in [-0.2, -0.15) is 0 Å². The zero-order valence-corrected chi connectivity index (χ0v) is 22.9. The summed E-state index contributed by atoms with van der Waals surface area (Å²) in [5.74, 6) is 0.875. The largest absolute Gasteiger partial charge is 0.459 e. The van der Waals surface area contributed by atoms with Crippen LogP contribution in [0.2, 0.25) is 0 Å². The summed E-state index contributed by atoms with van der Waals surface area (Å²) >= 11 is 0. The average molecular weight is 538 g/mol. The van der Waals surface area contributed by atoms with Crippen LogP contribution in [-0.2, 0) is 31.4 Å². The van der Waals surface area contributed by atoms with Crippen molar-refractivity contribution >= 4 is 22.0 Å². The maximum absolute atomic E-state index is 13.0. The fourth-order valence-electron chi connectivity index (χ4n) is 7.76. The van der Waals surface area contributed by atoms with E-state index in [-0.39, 0.29) is 27.8 Å². The smallest absolute Gasteiger partial charge is 0.338 e. The molecule has 7 nitrogen and oxygen atoms in total. The number of ether oxygens (including phenoxy) is 2.